The van der Waals surface area contributed by atoms with Gasteiger partial charge in [-0.2, -0.15) is 0 Å². The summed E-state index contributed by atoms with van der Waals surface area (Å²) < 4.78 is 5.39. The molecule has 0 bridgehead atoms. The van der Waals surface area contributed by atoms with Gasteiger partial charge in [0.15, 0.2) is 0 Å². The first-order chi connectivity index (χ1) is 11.0. The van der Waals surface area contributed by atoms with Gasteiger partial charge >= 0.3 is 6.09 Å². The summed E-state index contributed by atoms with van der Waals surface area (Å²) in [6, 6.07) is 0. The summed E-state index contributed by atoms with van der Waals surface area (Å²) in [5.41, 5.74) is -0.854. The maximum Gasteiger partial charge on any atom is 0.410 e. The first-order valence-corrected chi connectivity index (χ1v) is 8.53. The number of amides is 3. The van der Waals surface area contributed by atoms with Crippen molar-refractivity contribution in [1.82, 2.24) is 15.1 Å². The Labute approximate surface area is 143 Å². The molecule has 2 rings (SSSR count). The summed E-state index contributed by atoms with van der Waals surface area (Å²) in [7, 11) is 1.72. The number of nitrogens with zero attached hydrogens (tertiary/aromatic N) is 2. The number of nitrogens with one attached hydrogen (secondary N) is 1. The number of likely N-dealkylation sites (tertiary alicyclic amines) is 2. The highest BCUT2D eigenvalue weighted by atomic mass is 16.6. The van der Waals surface area contributed by atoms with Crippen molar-refractivity contribution in [3.05, 3.63) is 0 Å². The Morgan fingerprint density at radius 2 is 1.83 bits per heavy atom. The zero-order valence-electron chi connectivity index (χ0n) is 15.3. The van der Waals surface area contributed by atoms with E-state index in [1.807, 2.05) is 27.7 Å². The number of piperidine rings is 1. The topological polar surface area (TPSA) is 79.0 Å². The highest BCUT2D eigenvalue weighted by molar-refractivity contribution is 5.89. The van der Waals surface area contributed by atoms with Gasteiger partial charge in [-0.3, -0.25) is 9.59 Å². The van der Waals surface area contributed by atoms with Gasteiger partial charge in [0.1, 0.15) is 5.60 Å². The quantitative estimate of drug-likeness (QED) is 0.824. The lowest BCUT2D eigenvalue weighted by atomic mass is 9.89. The molecule has 0 aromatic rings. The minimum Gasteiger partial charge on any atom is -0.444 e. The van der Waals surface area contributed by atoms with Crippen LogP contribution in [-0.4, -0.2) is 65.5 Å². The van der Waals surface area contributed by atoms with Crippen LogP contribution in [0.3, 0.4) is 0 Å². The summed E-state index contributed by atoms with van der Waals surface area (Å²) in [5, 5.41) is 3.09. The fraction of sp³-hybridized carbons (Fsp3) is 0.824. The van der Waals surface area contributed by atoms with Gasteiger partial charge in [0.25, 0.3) is 0 Å². The van der Waals surface area contributed by atoms with Gasteiger partial charge < -0.3 is 19.9 Å². The Bertz CT molecular complexity index is 518. The molecule has 2 aliphatic heterocycles. The monoisotopic (exact) mass is 339 g/mol. The highest BCUT2D eigenvalue weighted by Gasteiger charge is 2.38. The van der Waals surface area contributed by atoms with E-state index < -0.39 is 5.60 Å². The van der Waals surface area contributed by atoms with Crippen LogP contribution >= 0.6 is 0 Å². The molecular weight excluding hydrogens is 310 g/mol. The van der Waals surface area contributed by atoms with Crippen LogP contribution in [0.15, 0.2) is 0 Å². The molecule has 136 valence electrons. The number of rotatable bonds is 2. The second-order valence-electron chi connectivity index (χ2n) is 8.19. The maximum absolute atomic E-state index is 12.4. The van der Waals surface area contributed by atoms with Gasteiger partial charge in [-0.05, 0) is 40.5 Å². The normalized spacial score (nSPS) is 24.0. The molecule has 0 radical (unpaired) electrons. The Hall–Kier alpha value is -1.79. The van der Waals surface area contributed by atoms with E-state index >= 15 is 0 Å². The van der Waals surface area contributed by atoms with Crippen molar-refractivity contribution >= 4 is 17.9 Å². The van der Waals surface area contributed by atoms with Gasteiger partial charge in [0.05, 0.1) is 5.92 Å². The Morgan fingerprint density at radius 1 is 1.25 bits per heavy atom. The number of carbonyl (C=O) groups excluding carboxylic acids is 3. The van der Waals surface area contributed by atoms with E-state index in [9.17, 15) is 14.4 Å². The van der Waals surface area contributed by atoms with Gasteiger partial charge in [0.2, 0.25) is 11.8 Å². The molecule has 2 heterocycles. The minimum atomic E-state index is -0.507. The Balaban J connectivity index is 1.85. The van der Waals surface area contributed by atoms with Gasteiger partial charge in [-0.25, -0.2) is 4.79 Å². The van der Waals surface area contributed by atoms with Crippen molar-refractivity contribution in [3.8, 4) is 0 Å². The first-order valence-electron chi connectivity index (χ1n) is 8.53. The SMILES string of the molecule is CN1C[C@H](C(=O)NC2(C)CCN(C(=O)OC(C)(C)C)CC2)CC1=O. The molecule has 2 saturated heterocycles. The average Bonchev–Trinajstić information content (AvgIpc) is 2.77. The van der Waals surface area contributed by atoms with E-state index in [4.69, 9.17) is 4.74 Å². The Morgan fingerprint density at radius 3 is 2.29 bits per heavy atom. The van der Waals surface area contributed by atoms with Crippen molar-refractivity contribution in [2.75, 3.05) is 26.7 Å². The molecule has 2 aliphatic rings. The van der Waals surface area contributed by atoms with Crippen molar-refractivity contribution in [2.24, 2.45) is 5.92 Å². The fourth-order valence-corrected chi connectivity index (χ4v) is 3.07. The average molecular weight is 339 g/mol. The van der Waals surface area contributed by atoms with E-state index in [1.54, 1.807) is 16.8 Å². The third kappa shape index (κ3) is 4.61. The molecule has 3 amide bonds. The van der Waals surface area contributed by atoms with Crippen LogP contribution in [0, 0.1) is 5.92 Å². The van der Waals surface area contributed by atoms with Crippen molar-refractivity contribution in [1.29, 1.82) is 0 Å². The lowest BCUT2D eigenvalue weighted by molar-refractivity contribution is -0.129. The molecule has 0 saturated carbocycles. The van der Waals surface area contributed by atoms with Crippen LogP contribution in [-0.2, 0) is 14.3 Å². The lowest BCUT2D eigenvalue weighted by Gasteiger charge is -2.40. The summed E-state index contributed by atoms with van der Waals surface area (Å²) in [4.78, 5) is 39.4. The van der Waals surface area contributed by atoms with E-state index in [2.05, 4.69) is 5.32 Å². The summed E-state index contributed by atoms with van der Waals surface area (Å²) >= 11 is 0. The number of hydrogen-bond acceptors (Lipinski definition) is 4. The molecule has 2 fully saturated rings. The molecular formula is C17H29N3O4. The molecule has 0 unspecified atom stereocenters. The molecule has 0 spiro atoms. The number of carbonyl (C=O) groups is 3. The zero-order chi connectivity index (χ0) is 18.1. The van der Waals surface area contributed by atoms with Crippen molar-refractivity contribution < 1.29 is 19.1 Å². The largest absolute Gasteiger partial charge is 0.444 e. The van der Waals surface area contributed by atoms with Crippen LogP contribution in [0.1, 0.15) is 47.0 Å². The van der Waals surface area contributed by atoms with Crippen molar-refractivity contribution in [3.63, 3.8) is 0 Å². The predicted octanol–water partition coefficient (Wildman–Crippen LogP) is 1.37. The summed E-state index contributed by atoms with van der Waals surface area (Å²) in [6.07, 6.45) is 1.32. The van der Waals surface area contributed by atoms with E-state index in [0.29, 0.717) is 32.5 Å². The number of ether oxygens (including phenoxy) is 1. The maximum atomic E-state index is 12.4. The molecule has 0 aromatic heterocycles. The summed E-state index contributed by atoms with van der Waals surface area (Å²) in [5.74, 6) is -0.329. The van der Waals surface area contributed by atoms with Crippen LogP contribution < -0.4 is 5.32 Å². The highest BCUT2D eigenvalue weighted by Crippen LogP contribution is 2.25. The van der Waals surface area contributed by atoms with Crippen LogP contribution in [0.25, 0.3) is 0 Å². The molecule has 0 aliphatic carbocycles. The molecule has 1 N–H and O–H groups in total. The lowest BCUT2D eigenvalue weighted by Crippen LogP contribution is -2.56. The van der Waals surface area contributed by atoms with Crippen LogP contribution in [0.5, 0.6) is 0 Å². The standard InChI is InChI=1S/C17H29N3O4/c1-16(2,3)24-15(23)20-8-6-17(4,7-9-20)18-14(22)12-10-13(21)19(5)11-12/h12H,6-11H2,1-5H3,(H,18,22)/t12-/m1/s1. The molecule has 24 heavy (non-hydrogen) atoms. The van der Waals surface area contributed by atoms with Crippen molar-refractivity contribution in [2.45, 2.75) is 58.1 Å². The zero-order valence-corrected chi connectivity index (χ0v) is 15.3. The van der Waals surface area contributed by atoms with Gasteiger partial charge in [-0.15, -0.1) is 0 Å². The molecule has 7 heteroatoms. The second kappa shape index (κ2) is 6.61. The van der Waals surface area contributed by atoms with Gasteiger partial charge in [-0.1, -0.05) is 0 Å². The Kier molecular flexibility index (Phi) is 5.11. The van der Waals surface area contributed by atoms with Gasteiger partial charge in [0, 0.05) is 38.6 Å². The molecule has 7 nitrogen and oxygen atoms in total. The summed E-state index contributed by atoms with van der Waals surface area (Å²) in [6.45, 7) is 9.12. The fourth-order valence-electron chi connectivity index (χ4n) is 3.07. The van der Waals surface area contributed by atoms with E-state index in [1.165, 1.54) is 0 Å². The van der Waals surface area contributed by atoms with E-state index in [-0.39, 0.29) is 35.8 Å². The number of hydrogen-bond donors (Lipinski definition) is 1. The van der Waals surface area contributed by atoms with Crippen LogP contribution in [0.2, 0.25) is 0 Å². The minimum absolute atomic E-state index is 0.0139. The smallest absolute Gasteiger partial charge is 0.410 e. The predicted molar refractivity (Wildman–Crippen MR) is 89.3 cm³/mol. The third-order valence-corrected chi connectivity index (χ3v) is 4.66. The molecule has 1 atom stereocenters. The van der Waals surface area contributed by atoms with E-state index in [0.717, 1.165) is 0 Å². The molecule has 0 aromatic carbocycles. The van der Waals surface area contributed by atoms with Crippen LogP contribution in [0.4, 0.5) is 4.79 Å². The second-order valence-corrected chi connectivity index (χ2v) is 8.19. The third-order valence-electron chi connectivity index (χ3n) is 4.66. The first kappa shape index (κ1) is 18.5.